The van der Waals surface area contributed by atoms with Gasteiger partial charge in [-0.25, -0.2) is 0 Å². The summed E-state index contributed by atoms with van der Waals surface area (Å²) in [6, 6.07) is 14.4. The standard InChI is InChI=1S/C18H13N3O3/c19-9-11-21-15(13-8-4-5-10-20-13)14(17(23)18(21)24)16(22)12-6-2-1-3-7-12/h1-8,10,14-15H,11H2. The number of hydrogen-bond donors (Lipinski definition) is 0. The molecule has 24 heavy (non-hydrogen) atoms. The monoisotopic (exact) mass is 319 g/mol. The number of ketones is 2. The van der Waals surface area contributed by atoms with Crippen molar-refractivity contribution in [2.45, 2.75) is 6.04 Å². The van der Waals surface area contributed by atoms with Crippen molar-refractivity contribution in [1.29, 1.82) is 5.26 Å². The van der Waals surface area contributed by atoms with Gasteiger partial charge in [-0.1, -0.05) is 36.4 Å². The lowest BCUT2D eigenvalue weighted by molar-refractivity contribution is -0.140. The summed E-state index contributed by atoms with van der Waals surface area (Å²) in [5.41, 5.74) is 0.768. The van der Waals surface area contributed by atoms with Crippen LogP contribution >= 0.6 is 0 Å². The number of carbonyl (C=O) groups excluding carboxylic acids is 3. The zero-order valence-corrected chi connectivity index (χ0v) is 12.6. The molecule has 3 rings (SSSR count). The van der Waals surface area contributed by atoms with Crippen molar-refractivity contribution in [3.05, 3.63) is 66.0 Å². The maximum absolute atomic E-state index is 12.8. The van der Waals surface area contributed by atoms with Gasteiger partial charge in [0.25, 0.3) is 5.91 Å². The number of amides is 1. The molecule has 0 spiro atoms. The van der Waals surface area contributed by atoms with Gasteiger partial charge in [0.1, 0.15) is 12.5 Å². The number of carbonyl (C=O) groups is 3. The molecular weight excluding hydrogens is 306 g/mol. The van der Waals surface area contributed by atoms with Crippen LogP contribution in [0.25, 0.3) is 0 Å². The number of nitrogens with zero attached hydrogens (tertiary/aromatic N) is 3. The van der Waals surface area contributed by atoms with Gasteiger partial charge in [0.2, 0.25) is 5.78 Å². The van der Waals surface area contributed by atoms with E-state index in [9.17, 15) is 14.4 Å². The normalized spacial score (nSPS) is 20.0. The smallest absolute Gasteiger partial charge is 0.292 e. The quantitative estimate of drug-likeness (QED) is 0.369. The Morgan fingerprint density at radius 3 is 2.46 bits per heavy atom. The second-order valence-electron chi connectivity index (χ2n) is 5.36. The number of nitriles is 1. The first-order chi connectivity index (χ1) is 11.6. The Balaban J connectivity index is 2.08. The highest BCUT2D eigenvalue weighted by Gasteiger charge is 2.52. The third-order valence-electron chi connectivity index (χ3n) is 3.98. The van der Waals surface area contributed by atoms with Gasteiger partial charge in [0.05, 0.1) is 17.8 Å². The third kappa shape index (κ3) is 2.57. The molecule has 1 aliphatic rings. The van der Waals surface area contributed by atoms with E-state index in [1.807, 2.05) is 6.07 Å². The predicted octanol–water partition coefficient (Wildman–Crippen LogP) is 1.56. The van der Waals surface area contributed by atoms with Gasteiger partial charge in [-0.15, -0.1) is 0 Å². The van der Waals surface area contributed by atoms with Crippen molar-refractivity contribution >= 4 is 17.5 Å². The van der Waals surface area contributed by atoms with E-state index in [0.29, 0.717) is 11.3 Å². The van der Waals surface area contributed by atoms with E-state index in [4.69, 9.17) is 5.26 Å². The van der Waals surface area contributed by atoms with Crippen molar-refractivity contribution in [1.82, 2.24) is 9.88 Å². The maximum atomic E-state index is 12.8. The van der Waals surface area contributed by atoms with Crippen LogP contribution in [0.5, 0.6) is 0 Å². The fourth-order valence-corrected chi connectivity index (χ4v) is 2.90. The summed E-state index contributed by atoms with van der Waals surface area (Å²) in [5, 5.41) is 8.98. The Morgan fingerprint density at radius 2 is 1.83 bits per heavy atom. The molecule has 1 amide bonds. The SMILES string of the molecule is N#CCN1C(=O)C(=O)C(C(=O)c2ccccc2)C1c1ccccn1. The lowest BCUT2D eigenvalue weighted by Crippen LogP contribution is -2.31. The summed E-state index contributed by atoms with van der Waals surface area (Å²) < 4.78 is 0. The minimum absolute atomic E-state index is 0.273. The van der Waals surface area contributed by atoms with Crippen LogP contribution in [0.1, 0.15) is 22.1 Å². The molecule has 2 aromatic rings. The van der Waals surface area contributed by atoms with E-state index in [2.05, 4.69) is 4.98 Å². The number of rotatable bonds is 4. The molecule has 118 valence electrons. The number of aromatic nitrogens is 1. The van der Waals surface area contributed by atoms with E-state index in [0.717, 1.165) is 4.90 Å². The number of pyridine rings is 1. The summed E-state index contributed by atoms with van der Waals surface area (Å²) in [6.07, 6.45) is 1.53. The van der Waals surface area contributed by atoms with Crippen LogP contribution in [0.2, 0.25) is 0 Å². The summed E-state index contributed by atoms with van der Waals surface area (Å²) >= 11 is 0. The molecule has 0 N–H and O–H groups in total. The molecule has 1 aliphatic heterocycles. The van der Waals surface area contributed by atoms with Crippen LogP contribution in [0.3, 0.4) is 0 Å². The Labute approximate surface area is 138 Å². The topological polar surface area (TPSA) is 91.1 Å². The first-order valence-electron chi connectivity index (χ1n) is 7.37. The number of Topliss-reactive ketones (excluding diaryl/α,β-unsaturated/α-hetero) is 2. The van der Waals surface area contributed by atoms with Gasteiger partial charge >= 0.3 is 0 Å². The number of benzene rings is 1. The van der Waals surface area contributed by atoms with E-state index in [-0.39, 0.29) is 6.54 Å². The molecule has 0 saturated carbocycles. The van der Waals surface area contributed by atoms with Gasteiger partial charge in [0.15, 0.2) is 5.78 Å². The van der Waals surface area contributed by atoms with Gasteiger partial charge in [0, 0.05) is 11.8 Å². The summed E-state index contributed by atoms with van der Waals surface area (Å²) in [4.78, 5) is 42.8. The van der Waals surface area contributed by atoms with Crippen molar-refractivity contribution in [3.8, 4) is 6.07 Å². The Morgan fingerprint density at radius 1 is 1.12 bits per heavy atom. The van der Waals surface area contributed by atoms with Crippen LogP contribution < -0.4 is 0 Å². The molecule has 6 nitrogen and oxygen atoms in total. The Hall–Kier alpha value is -3.33. The predicted molar refractivity (Wildman–Crippen MR) is 83.6 cm³/mol. The van der Waals surface area contributed by atoms with E-state index in [1.54, 1.807) is 48.5 Å². The average Bonchev–Trinajstić information content (AvgIpc) is 2.88. The Kier molecular flexibility index (Phi) is 4.17. The lowest BCUT2D eigenvalue weighted by atomic mass is 9.88. The largest absolute Gasteiger partial charge is 0.313 e. The fourth-order valence-electron chi connectivity index (χ4n) is 2.90. The molecule has 1 fully saturated rings. The van der Waals surface area contributed by atoms with Crippen molar-refractivity contribution < 1.29 is 14.4 Å². The second kappa shape index (κ2) is 6.42. The van der Waals surface area contributed by atoms with E-state index >= 15 is 0 Å². The highest BCUT2D eigenvalue weighted by atomic mass is 16.2. The summed E-state index contributed by atoms with van der Waals surface area (Å²) in [5.74, 6) is -3.25. The second-order valence-corrected chi connectivity index (χ2v) is 5.36. The average molecular weight is 319 g/mol. The van der Waals surface area contributed by atoms with Crippen LogP contribution in [-0.4, -0.2) is 33.9 Å². The molecular formula is C18H13N3O3. The number of hydrogen-bond acceptors (Lipinski definition) is 5. The molecule has 1 saturated heterocycles. The van der Waals surface area contributed by atoms with Crippen LogP contribution in [-0.2, 0) is 9.59 Å². The molecule has 2 atom stereocenters. The van der Waals surface area contributed by atoms with Crippen molar-refractivity contribution in [3.63, 3.8) is 0 Å². The Bertz CT molecular complexity index is 828. The molecule has 0 aliphatic carbocycles. The van der Waals surface area contributed by atoms with Gasteiger partial charge < -0.3 is 4.90 Å². The zero-order valence-electron chi connectivity index (χ0n) is 12.6. The molecule has 0 bridgehead atoms. The molecule has 0 radical (unpaired) electrons. The highest BCUT2D eigenvalue weighted by Crippen LogP contribution is 2.36. The van der Waals surface area contributed by atoms with Crippen LogP contribution in [0.15, 0.2) is 54.7 Å². The van der Waals surface area contributed by atoms with Crippen LogP contribution in [0.4, 0.5) is 0 Å². The molecule has 6 heteroatoms. The molecule has 2 heterocycles. The van der Waals surface area contributed by atoms with Crippen molar-refractivity contribution in [2.24, 2.45) is 5.92 Å². The molecule has 1 aromatic carbocycles. The first-order valence-corrected chi connectivity index (χ1v) is 7.37. The number of likely N-dealkylation sites (tertiary alicyclic amines) is 1. The van der Waals surface area contributed by atoms with E-state index in [1.165, 1.54) is 6.20 Å². The summed E-state index contributed by atoms with van der Waals surface area (Å²) in [6.45, 7) is -0.273. The minimum atomic E-state index is -1.19. The van der Waals surface area contributed by atoms with Crippen LogP contribution in [0, 0.1) is 17.2 Å². The highest BCUT2D eigenvalue weighted by molar-refractivity contribution is 6.44. The lowest BCUT2D eigenvalue weighted by Gasteiger charge is -2.24. The van der Waals surface area contributed by atoms with Crippen molar-refractivity contribution in [2.75, 3.05) is 6.54 Å². The maximum Gasteiger partial charge on any atom is 0.292 e. The third-order valence-corrected chi connectivity index (χ3v) is 3.98. The zero-order chi connectivity index (χ0) is 17.1. The van der Waals surface area contributed by atoms with Gasteiger partial charge in [-0.2, -0.15) is 5.26 Å². The van der Waals surface area contributed by atoms with Gasteiger partial charge in [-0.05, 0) is 12.1 Å². The summed E-state index contributed by atoms with van der Waals surface area (Å²) in [7, 11) is 0. The van der Waals surface area contributed by atoms with E-state index < -0.39 is 29.4 Å². The molecule has 2 unspecified atom stereocenters. The molecule has 1 aromatic heterocycles. The fraction of sp³-hybridized carbons (Fsp3) is 0.167. The minimum Gasteiger partial charge on any atom is -0.313 e. The van der Waals surface area contributed by atoms with Gasteiger partial charge in [-0.3, -0.25) is 19.4 Å². The first kappa shape index (κ1) is 15.6.